The van der Waals surface area contributed by atoms with Crippen molar-refractivity contribution in [3.05, 3.63) is 102 Å². The Bertz CT molecular complexity index is 1350. The molecule has 0 saturated carbocycles. The van der Waals surface area contributed by atoms with Crippen LogP contribution in [-0.4, -0.2) is 81.8 Å². The van der Waals surface area contributed by atoms with Crippen LogP contribution in [0.5, 0.6) is 0 Å². The quantitative estimate of drug-likeness (QED) is 0.411. The first kappa shape index (κ1) is 25.1. The summed E-state index contributed by atoms with van der Waals surface area (Å²) in [5, 5.41) is 0. The maximum Gasteiger partial charge on any atom is 0.270 e. The highest BCUT2D eigenvalue weighted by atomic mass is 16.2. The van der Waals surface area contributed by atoms with Crippen molar-refractivity contribution in [3.8, 4) is 22.5 Å². The third kappa shape index (κ3) is 5.49. The monoisotopic (exact) mass is 519 g/mol. The van der Waals surface area contributed by atoms with Gasteiger partial charge in [-0.05, 0) is 37.1 Å². The number of piperidine rings is 1. The minimum atomic E-state index is 0.0535. The molecular formula is C32H33N5O2. The van der Waals surface area contributed by atoms with Crippen LogP contribution in [-0.2, 0) is 0 Å². The molecule has 0 aliphatic carbocycles. The summed E-state index contributed by atoms with van der Waals surface area (Å²) < 4.78 is 0. The molecule has 4 heterocycles. The van der Waals surface area contributed by atoms with Gasteiger partial charge >= 0.3 is 0 Å². The molecule has 2 amide bonds. The molecule has 6 rings (SSSR count). The van der Waals surface area contributed by atoms with E-state index in [-0.39, 0.29) is 11.8 Å². The zero-order valence-electron chi connectivity index (χ0n) is 22.0. The number of hydrogen-bond acceptors (Lipinski definition) is 4. The first-order valence-corrected chi connectivity index (χ1v) is 13.7. The van der Waals surface area contributed by atoms with Gasteiger partial charge in [-0.15, -0.1) is 0 Å². The molecule has 0 unspecified atom stereocenters. The van der Waals surface area contributed by atoms with Gasteiger partial charge in [0.15, 0.2) is 0 Å². The molecule has 7 heteroatoms. The smallest absolute Gasteiger partial charge is 0.270 e. The molecule has 2 fully saturated rings. The molecule has 2 aliphatic rings. The number of amides is 2. The molecule has 2 aromatic heterocycles. The fourth-order valence-electron chi connectivity index (χ4n) is 5.71. The first-order chi connectivity index (χ1) is 19.2. The van der Waals surface area contributed by atoms with Gasteiger partial charge in [0.25, 0.3) is 11.8 Å². The molecule has 2 saturated heterocycles. The van der Waals surface area contributed by atoms with E-state index >= 15 is 0 Å². The average molecular weight is 520 g/mol. The number of nitrogens with one attached hydrogen (secondary N) is 1. The highest BCUT2D eigenvalue weighted by molar-refractivity contribution is 5.96. The number of nitrogens with zero attached hydrogens (tertiary/aromatic N) is 4. The molecule has 4 aromatic rings. The minimum absolute atomic E-state index is 0.0535. The molecule has 7 nitrogen and oxygen atoms in total. The molecule has 0 spiro atoms. The van der Waals surface area contributed by atoms with Crippen LogP contribution in [0.4, 0.5) is 0 Å². The number of H-pyrrole nitrogens is 1. The van der Waals surface area contributed by atoms with E-state index in [2.05, 4.69) is 9.88 Å². The van der Waals surface area contributed by atoms with E-state index < -0.39 is 0 Å². The van der Waals surface area contributed by atoms with E-state index in [0.29, 0.717) is 30.4 Å². The van der Waals surface area contributed by atoms with Crippen molar-refractivity contribution >= 4 is 11.8 Å². The van der Waals surface area contributed by atoms with Crippen LogP contribution in [0.3, 0.4) is 0 Å². The Morgan fingerprint density at radius 1 is 0.667 bits per heavy atom. The lowest BCUT2D eigenvalue weighted by Crippen LogP contribution is -2.54. The Hall–Kier alpha value is -4.23. The van der Waals surface area contributed by atoms with E-state index in [1.807, 2.05) is 94.7 Å². The van der Waals surface area contributed by atoms with Crippen LogP contribution in [0, 0.1) is 0 Å². The minimum Gasteiger partial charge on any atom is -0.357 e. The topological polar surface area (TPSA) is 72.5 Å². The number of aromatic nitrogens is 2. The standard InChI is InChI=1S/C32H33N5O2/c38-31(26-22-29(24-8-3-1-4-9-24)34-30(23-26)25-10-5-2-6-11-25)37-20-18-35(19-21-37)27-13-16-36(17-14-27)32(39)28-12-7-15-33-28/h1-12,15,22-23,27,33H,13-14,16-21H2. The number of likely N-dealkylation sites (tertiary alicyclic amines) is 1. The zero-order valence-corrected chi connectivity index (χ0v) is 22.0. The van der Waals surface area contributed by atoms with E-state index in [1.54, 1.807) is 6.20 Å². The number of pyridine rings is 1. The third-order valence-corrected chi connectivity index (χ3v) is 7.91. The second kappa shape index (κ2) is 11.3. The molecule has 0 radical (unpaired) electrons. The second-order valence-corrected chi connectivity index (χ2v) is 10.3. The predicted octanol–water partition coefficient (Wildman–Crippen LogP) is 4.81. The van der Waals surface area contributed by atoms with Gasteiger partial charge in [0, 0.05) is 68.2 Å². The van der Waals surface area contributed by atoms with Gasteiger partial charge in [-0.3, -0.25) is 14.5 Å². The first-order valence-electron chi connectivity index (χ1n) is 13.7. The molecule has 0 atom stereocenters. The van der Waals surface area contributed by atoms with Crippen LogP contribution < -0.4 is 0 Å². The Kier molecular flexibility index (Phi) is 7.23. The van der Waals surface area contributed by atoms with Gasteiger partial charge in [0.2, 0.25) is 0 Å². The van der Waals surface area contributed by atoms with Crippen molar-refractivity contribution in [1.82, 2.24) is 24.7 Å². The number of hydrogen-bond donors (Lipinski definition) is 1. The Balaban J connectivity index is 1.12. The van der Waals surface area contributed by atoms with Gasteiger partial charge in [0.1, 0.15) is 5.69 Å². The number of rotatable bonds is 5. The predicted molar refractivity (Wildman–Crippen MR) is 152 cm³/mol. The summed E-state index contributed by atoms with van der Waals surface area (Å²) in [5.41, 5.74) is 4.93. The highest BCUT2D eigenvalue weighted by Gasteiger charge is 2.31. The van der Waals surface area contributed by atoms with Crippen molar-refractivity contribution in [3.63, 3.8) is 0 Å². The lowest BCUT2D eigenvalue weighted by atomic mass is 10.0. The van der Waals surface area contributed by atoms with Gasteiger partial charge in [-0.25, -0.2) is 4.98 Å². The molecule has 0 bridgehead atoms. The lowest BCUT2D eigenvalue weighted by Gasteiger charge is -2.42. The van der Waals surface area contributed by atoms with Crippen LogP contribution in [0.15, 0.2) is 91.1 Å². The molecule has 1 N–H and O–H groups in total. The van der Waals surface area contributed by atoms with Crippen molar-refractivity contribution in [2.75, 3.05) is 39.3 Å². The van der Waals surface area contributed by atoms with Crippen LogP contribution in [0.25, 0.3) is 22.5 Å². The van der Waals surface area contributed by atoms with E-state index in [4.69, 9.17) is 4.98 Å². The fourth-order valence-corrected chi connectivity index (χ4v) is 5.71. The van der Waals surface area contributed by atoms with Gasteiger partial charge in [-0.2, -0.15) is 0 Å². The normalized spacial score (nSPS) is 16.8. The lowest BCUT2D eigenvalue weighted by molar-refractivity contribution is 0.0410. The zero-order chi connectivity index (χ0) is 26.6. The summed E-state index contributed by atoms with van der Waals surface area (Å²) in [6, 6.07) is 28.0. The Morgan fingerprint density at radius 2 is 1.23 bits per heavy atom. The average Bonchev–Trinajstić information content (AvgIpc) is 3.56. The molecule has 198 valence electrons. The third-order valence-electron chi connectivity index (χ3n) is 7.91. The van der Waals surface area contributed by atoms with Crippen LogP contribution in [0.2, 0.25) is 0 Å². The molecule has 2 aliphatic heterocycles. The molecular weight excluding hydrogens is 486 g/mol. The Labute approximate surface area is 229 Å². The van der Waals surface area contributed by atoms with Gasteiger partial charge < -0.3 is 14.8 Å². The summed E-state index contributed by atoms with van der Waals surface area (Å²) in [7, 11) is 0. The summed E-state index contributed by atoms with van der Waals surface area (Å²) in [4.78, 5) is 40.7. The summed E-state index contributed by atoms with van der Waals surface area (Å²) in [6.07, 6.45) is 3.72. The Morgan fingerprint density at radius 3 is 1.77 bits per heavy atom. The summed E-state index contributed by atoms with van der Waals surface area (Å²) in [5.74, 6) is 0.133. The van der Waals surface area contributed by atoms with E-state index in [0.717, 1.165) is 61.5 Å². The van der Waals surface area contributed by atoms with Gasteiger partial charge in [-0.1, -0.05) is 60.7 Å². The molecule has 39 heavy (non-hydrogen) atoms. The summed E-state index contributed by atoms with van der Waals surface area (Å²) >= 11 is 0. The van der Waals surface area contributed by atoms with Crippen molar-refractivity contribution < 1.29 is 9.59 Å². The van der Waals surface area contributed by atoms with Crippen LogP contribution >= 0.6 is 0 Å². The largest absolute Gasteiger partial charge is 0.357 e. The number of carbonyl (C=O) groups excluding carboxylic acids is 2. The maximum atomic E-state index is 13.7. The van der Waals surface area contributed by atoms with Crippen LogP contribution in [0.1, 0.15) is 33.7 Å². The maximum absolute atomic E-state index is 13.7. The number of piperazine rings is 1. The van der Waals surface area contributed by atoms with Crippen molar-refractivity contribution in [2.45, 2.75) is 18.9 Å². The molecule has 2 aromatic carbocycles. The highest BCUT2D eigenvalue weighted by Crippen LogP contribution is 2.26. The second-order valence-electron chi connectivity index (χ2n) is 10.3. The van der Waals surface area contributed by atoms with E-state index in [9.17, 15) is 9.59 Å². The number of benzene rings is 2. The van der Waals surface area contributed by atoms with E-state index in [1.165, 1.54) is 0 Å². The van der Waals surface area contributed by atoms with Crippen molar-refractivity contribution in [1.29, 1.82) is 0 Å². The SMILES string of the molecule is O=C(c1cc(-c2ccccc2)nc(-c2ccccc2)c1)N1CCN(C2CCN(C(=O)c3ccc[nH]3)CC2)CC1. The number of aromatic amines is 1. The van der Waals surface area contributed by atoms with Gasteiger partial charge in [0.05, 0.1) is 11.4 Å². The summed E-state index contributed by atoms with van der Waals surface area (Å²) in [6.45, 7) is 4.63. The number of carbonyl (C=O) groups is 2. The van der Waals surface area contributed by atoms with Crippen molar-refractivity contribution in [2.24, 2.45) is 0 Å². The fraction of sp³-hybridized carbons (Fsp3) is 0.281.